The maximum absolute atomic E-state index is 13.2. The van der Waals surface area contributed by atoms with Crippen molar-refractivity contribution in [1.29, 1.82) is 0 Å². The molecule has 0 aromatic heterocycles. The minimum absolute atomic E-state index is 0.0264. The van der Waals surface area contributed by atoms with Crippen molar-refractivity contribution in [3.63, 3.8) is 0 Å². The fraction of sp³-hybridized carbons (Fsp3) is 0.294. The number of ether oxygens (including phenoxy) is 2. The molecule has 1 aliphatic carbocycles. The van der Waals surface area contributed by atoms with E-state index in [-0.39, 0.29) is 23.6 Å². The van der Waals surface area contributed by atoms with Crippen LogP contribution in [0.4, 0.5) is 10.1 Å². The highest BCUT2D eigenvalue weighted by Gasteiger charge is 2.33. The molecule has 6 heteroatoms. The largest absolute Gasteiger partial charge is 0.483 e. The summed E-state index contributed by atoms with van der Waals surface area (Å²) < 4.78 is 24.5. The van der Waals surface area contributed by atoms with Gasteiger partial charge in [-0.15, -0.1) is 0 Å². The van der Waals surface area contributed by atoms with Crippen LogP contribution in [0.3, 0.4) is 0 Å². The lowest BCUT2D eigenvalue weighted by Gasteiger charge is -2.35. The maximum Gasteiger partial charge on any atom is 0.311 e. The first-order valence-electron chi connectivity index (χ1n) is 7.38. The molecular formula is C17H16FNO4. The van der Waals surface area contributed by atoms with E-state index in [1.807, 2.05) is 30.3 Å². The van der Waals surface area contributed by atoms with Crippen molar-refractivity contribution < 1.29 is 18.8 Å². The van der Waals surface area contributed by atoms with E-state index in [0.717, 1.165) is 23.8 Å². The zero-order chi connectivity index (χ0) is 16.2. The van der Waals surface area contributed by atoms with Crippen molar-refractivity contribution in [3.05, 3.63) is 70.0 Å². The number of hydrogen-bond donors (Lipinski definition) is 0. The molecule has 0 bridgehead atoms. The van der Waals surface area contributed by atoms with Crippen LogP contribution >= 0.6 is 0 Å². The summed E-state index contributed by atoms with van der Waals surface area (Å²) in [6.07, 6.45) is 1.16. The summed E-state index contributed by atoms with van der Waals surface area (Å²) in [6, 6.07) is 13.1. The van der Waals surface area contributed by atoms with Crippen LogP contribution < -0.4 is 4.74 Å². The van der Waals surface area contributed by atoms with E-state index in [4.69, 9.17) is 9.47 Å². The van der Waals surface area contributed by atoms with Gasteiger partial charge < -0.3 is 9.47 Å². The number of nitro groups is 1. The molecule has 1 saturated carbocycles. The molecular weight excluding hydrogens is 301 g/mol. The molecule has 0 amide bonds. The molecule has 0 aliphatic heterocycles. The van der Waals surface area contributed by atoms with E-state index in [1.54, 1.807) is 0 Å². The van der Waals surface area contributed by atoms with Crippen LogP contribution in [0.5, 0.6) is 5.75 Å². The molecule has 0 N–H and O–H groups in total. The summed E-state index contributed by atoms with van der Waals surface area (Å²) in [5.41, 5.74) is 0.873. The van der Waals surface area contributed by atoms with Crippen LogP contribution in [-0.4, -0.2) is 17.1 Å². The Balaban J connectivity index is 1.51. The van der Waals surface area contributed by atoms with Crippen molar-refractivity contribution in [2.75, 3.05) is 0 Å². The van der Waals surface area contributed by atoms with E-state index in [0.29, 0.717) is 19.4 Å². The fourth-order valence-electron chi connectivity index (χ4n) is 2.45. The van der Waals surface area contributed by atoms with Gasteiger partial charge in [0, 0.05) is 25.0 Å². The minimum atomic E-state index is -0.573. The van der Waals surface area contributed by atoms with Gasteiger partial charge in [-0.05, 0) is 11.6 Å². The van der Waals surface area contributed by atoms with Gasteiger partial charge in [-0.2, -0.15) is 0 Å². The van der Waals surface area contributed by atoms with E-state index < -0.39 is 10.7 Å². The molecule has 0 radical (unpaired) electrons. The van der Waals surface area contributed by atoms with E-state index >= 15 is 0 Å². The van der Waals surface area contributed by atoms with Crippen molar-refractivity contribution in [2.24, 2.45) is 0 Å². The average Bonchev–Trinajstić information content (AvgIpc) is 2.50. The van der Waals surface area contributed by atoms with Gasteiger partial charge in [0.15, 0.2) is 5.75 Å². The molecule has 3 rings (SSSR count). The van der Waals surface area contributed by atoms with Gasteiger partial charge in [-0.3, -0.25) is 10.1 Å². The Bertz CT molecular complexity index is 686. The topological polar surface area (TPSA) is 61.6 Å². The summed E-state index contributed by atoms with van der Waals surface area (Å²) in [7, 11) is 0. The highest BCUT2D eigenvalue weighted by atomic mass is 19.1. The smallest absolute Gasteiger partial charge is 0.311 e. The van der Waals surface area contributed by atoms with Crippen LogP contribution in [0.1, 0.15) is 18.4 Å². The van der Waals surface area contributed by atoms with Gasteiger partial charge in [-0.25, -0.2) is 4.39 Å². The first kappa shape index (κ1) is 15.4. The first-order valence-corrected chi connectivity index (χ1v) is 7.38. The number of halogens is 1. The van der Waals surface area contributed by atoms with Gasteiger partial charge in [0.05, 0.1) is 17.6 Å². The third kappa shape index (κ3) is 3.84. The Morgan fingerprint density at radius 1 is 1.13 bits per heavy atom. The fourth-order valence-corrected chi connectivity index (χ4v) is 2.45. The average molecular weight is 317 g/mol. The molecule has 2 aromatic carbocycles. The van der Waals surface area contributed by atoms with Crippen molar-refractivity contribution >= 4 is 5.69 Å². The van der Waals surface area contributed by atoms with Crippen molar-refractivity contribution in [2.45, 2.75) is 31.7 Å². The molecule has 1 aliphatic rings. The van der Waals surface area contributed by atoms with Gasteiger partial charge in [0.2, 0.25) is 0 Å². The van der Waals surface area contributed by atoms with Crippen molar-refractivity contribution in [3.8, 4) is 5.75 Å². The molecule has 5 nitrogen and oxygen atoms in total. The highest BCUT2D eigenvalue weighted by molar-refractivity contribution is 5.46. The highest BCUT2D eigenvalue weighted by Crippen LogP contribution is 2.34. The second-order valence-electron chi connectivity index (χ2n) is 5.50. The molecule has 0 unspecified atom stereocenters. The molecule has 1 fully saturated rings. The Hall–Kier alpha value is -2.47. The quantitative estimate of drug-likeness (QED) is 0.599. The standard InChI is InChI=1S/C17H16FNO4/c18-13-6-7-16(19(20)21)17(8-13)23-15-9-14(10-15)22-11-12-4-2-1-3-5-12/h1-8,14-15H,9-11H2. The number of benzene rings is 2. The Labute approximate surface area is 132 Å². The van der Waals surface area contributed by atoms with Crippen LogP contribution in [0.25, 0.3) is 0 Å². The van der Waals surface area contributed by atoms with E-state index in [9.17, 15) is 14.5 Å². The van der Waals surface area contributed by atoms with E-state index in [2.05, 4.69) is 0 Å². The zero-order valence-electron chi connectivity index (χ0n) is 12.4. The van der Waals surface area contributed by atoms with Gasteiger partial charge in [0.25, 0.3) is 0 Å². The van der Waals surface area contributed by atoms with Gasteiger partial charge in [-0.1, -0.05) is 30.3 Å². The van der Waals surface area contributed by atoms with Crippen LogP contribution in [0.15, 0.2) is 48.5 Å². The molecule has 120 valence electrons. The van der Waals surface area contributed by atoms with Crippen molar-refractivity contribution in [1.82, 2.24) is 0 Å². The monoisotopic (exact) mass is 317 g/mol. The Morgan fingerprint density at radius 2 is 1.87 bits per heavy atom. The number of hydrogen-bond acceptors (Lipinski definition) is 4. The number of rotatable bonds is 6. The molecule has 0 heterocycles. The third-order valence-electron chi connectivity index (χ3n) is 3.79. The lowest BCUT2D eigenvalue weighted by atomic mass is 9.92. The Kier molecular flexibility index (Phi) is 4.52. The Morgan fingerprint density at radius 3 is 2.57 bits per heavy atom. The van der Waals surface area contributed by atoms with E-state index in [1.165, 1.54) is 0 Å². The summed E-state index contributed by atoms with van der Waals surface area (Å²) >= 11 is 0. The molecule has 0 saturated heterocycles. The third-order valence-corrected chi connectivity index (χ3v) is 3.79. The normalized spacial score (nSPS) is 19.9. The summed E-state index contributed by atoms with van der Waals surface area (Å²) in [6.45, 7) is 0.526. The summed E-state index contributed by atoms with van der Waals surface area (Å²) in [5.74, 6) is -0.580. The molecule has 2 aromatic rings. The summed E-state index contributed by atoms with van der Waals surface area (Å²) in [4.78, 5) is 10.4. The number of nitro benzene ring substituents is 1. The van der Waals surface area contributed by atoms with Crippen LogP contribution in [0.2, 0.25) is 0 Å². The molecule has 23 heavy (non-hydrogen) atoms. The second-order valence-corrected chi connectivity index (χ2v) is 5.50. The lowest BCUT2D eigenvalue weighted by Crippen LogP contribution is -2.39. The van der Waals surface area contributed by atoms with Crippen LogP contribution in [-0.2, 0) is 11.3 Å². The predicted molar refractivity (Wildman–Crippen MR) is 81.7 cm³/mol. The lowest BCUT2D eigenvalue weighted by molar-refractivity contribution is -0.386. The van der Waals surface area contributed by atoms with Gasteiger partial charge in [0.1, 0.15) is 11.9 Å². The zero-order valence-corrected chi connectivity index (χ0v) is 12.4. The molecule has 0 atom stereocenters. The summed E-state index contributed by atoms with van der Waals surface area (Å²) in [5, 5.41) is 10.9. The number of nitrogens with zero attached hydrogens (tertiary/aromatic N) is 1. The minimum Gasteiger partial charge on any atom is -0.483 e. The second kappa shape index (κ2) is 6.75. The van der Waals surface area contributed by atoms with Gasteiger partial charge >= 0.3 is 5.69 Å². The first-order chi connectivity index (χ1) is 11.1. The SMILES string of the molecule is O=[N+]([O-])c1ccc(F)cc1OC1CC(OCc2ccccc2)C1. The van der Waals surface area contributed by atoms with Crippen LogP contribution in [0, 0.1) is 15.9 Å². The predicted octanol–water partition coefficient (Wildman–Crippen LogP) is 3.86. The maximum atomic E-state index is 13.2. The molecule has 0 spiro atoms.